The predicted octanol–water partition coefficient (Wildman–Crippen LogP) is 0.840. The van der Waals surface area contributed by atoms with Crippen molar-refractivity contribution in [2.75, 3.05) is 6.54 Å². The van der Waals surface area contributed by atoms with Crippen molar-refractivity contribution in [1.29, 1.82) is 0 Å². The lowest BCUT2D eigenvalue weighted by atomic mass is 10.3. The van der Waals surface area contributed by atoms with Crippen LogP contribution in [0.5, 0.6) is 0 Å². The molecule has 0 spiro atoms. The number of aliphatic imine (C=N–C) groups is 1. The van der Waals surface area contributed by atoms with Crippen LogP contribution in [0.4, 0.5) is 4.79 Å². The molecule has 0 bridgehead atoms. The average molecular weight is 200 g/mol. The summed E-state index contributed by atoms with van der Waals surface area (Å²) < 4.78 is 0. The standard InChI is InChI=1S/C8H12N2O2S/c1-3-6(11)7(13)5-10-8(12)9-4-2/h3-4,7,13H,1,5H2,2H3,(H,10,12). The lowest BCUT2D eigenvalue weighted by molar-refractivity contribution is -0.114. The SMILES string of the molecule is C=CC(=O)C(S)CNC(=O)N=CC. The first-order valence-corrected chi connectivity index (χ1v) is 4.24. The molecule has 0 aromatic rings. The minimum atomic E-state index is -0.548. The molecule has 0 aliphatic rings. The molecule has 0 saturated carbocycles. The second kappa shape index (κ2) is 6.42. The summed E-state index contributed by atoms with van der Waals surface area (Å²) in [5, 5.41) is 1.87. The van der Waals surface area contributed by atoms with E-state index in [9.17, 15) is 9.59 Å². The summed E-state index contributed by atoms with van der Waals surface area (Å²) in [7, 11) is 0. The smallest absolute Gasteiger partial charge is 0.335 e. The Hall–Kier alpha value is -1.10. The Morgan fingerprint density at radius 2 is 2.31 bits per heavy atom. The molecule has 72 valence electrons. The highest BCUT2D eigenvalue weighted by atomic mass is 32.1. The van der Waals surface area contributed by atoms with Gasteiger partial charge in [0.1, 0.15) is 0 Å². The maximum atomic E-state index is 10.9. The van der Waals surface area contributed by atoms with E-state index in [0.717, 1.165) is 0 Å². The van der Waals surface area contributed by atoms with Gasteiger partial charge in [0.05, 0.1) is 5.25 Å². The van der Waals surface area contributed by atoms with Crippen LogP contribution in [-0.4, -0.2) is 29.8 Å². The van der Waals surface area contributed by atoms with E-state index in [-0.39, 0.29) is 12.3 Å². The highest BCUT2D eigenvalue weighted by Crippen LogP contribution is 1.95. The summed E-state index contributed by atoms with van der Waals surface area (Å²) in [6, 6.07) is -0.474. The van der Waals surface area contributed by atoms with Crippen LogP contribution in [0, 0.1) is 0 Å². The van der Waals surface area contributed by atoms with Crippen LogP contribution in [0.3, 0.4) is 0 Å². The van der Waals surface area contributed by atoms with Gasteiger partial charge in [0.2, 0.25) is 0 Å². The number of ketones is 1. The van der Waals surface area contributed by atoms with E-state index >= 15 is 0 Å². The maximum absolute atomic E-state index is 10.9. The molecule has 0 radical (unpaired) electrons. The summed E-state index contributed by atoms with van der Waals surface area (Å²) in [5.74, 6) is -0.218. The molecule has 0 aromatic carbocycles. The zero-order valence-electron chi connectivity index (χ0n) is 7.36. The third-order valence-corrected chi connectivity index (χ3v) is 1.66. The lowest BCUT2D eigenvalue weighted by Gasteiger charge is -2.05. The third-order valence-electron chi connectivity index (χ3n) is 1.22. The molecule has 0 aliphatic heterocycles. The van der Waals surface area contributed by atoms with Gasteiger partial charge in [0.25, 0.3) is 0 Å². The number of rotatable bonds is 4. The van der Waals surface area contributed by atoms with Gasteiger partial charge in [-0.2, -0.15) is 12.6 Å². The predicted molar refractivity (Wildman–Crippen MR) is 55.5 cm³/mol. The molecular formula is C8H12N2O2S. The zero-order chi connectivity index (χ0) is 10.3. The van der Waals surface area contributed by atoms with Gasteiger partial charge in [0, 0.05) is 12.8 Å². The van der Waals surface area contributed by atoms with Gasteiger partial charge in [-0.25, -0.2) is 9.79 Å². The molecule has 5 heteroatoms. The topological polar surface area (TPSA) is 58.5 Å². The highest BCUT2D eigenvalue weighted by molar-refractivity contribution is 7.81. The van der Waals surface area contributed by atoms with Crippen LogP contribution in [0.25, 0.3) is 0 Å². The van der Waals surface area contributed by atoms with E-state index in [0.29, 0.717) is 0 Å². The summed E-state index contributed by atoms with van der Waals surface area (Å²) >= 11 is 3.96. The van der Waals surface area contributed by atoms with E-state index in [2.05, 4.69) is 29.5 Å². The van der Waals surface area contributed by atoms with E-state index in [4.69, 9.17) is 0 Å². The fourth-order valence-corrected chi connectivity index (χ4v) is 0.780. The monoisotopic (exact) mass is 200 g/mol. The van der Waals surface area contributed by atoms with Crippen molar-refractivity contribution >= 4 is 30.7 Å². The van der Waals surface area contributed by atoms with Gasteiger partial charge in [-0.1, -0.05) is 6.58 Å². The Labute approximate surface area is 82.5 Å². The van der Waals surface area contributed by atoms with Crippen molar-refractivity contribution in [1.82, 2.24) is 5.32 Å². The second-order valence-corrected chi connectivity index (χ2v) is 2.82. The second-order valence-electron chi connectivity index (χ2n) is 2.20. The van der Waals surface area contributed by atoms with E-state index in [1.54, 1.807) is 6.92 Å². The van der Waals surface area contributed by atoms with Crippen molar-refractivity contribution in [3.8, 4) is 0 Å². The molecule has 0 fully saturated rings. The molecule has 1 unspecified atom stereocenters. The van der Waals surface area contributed by atoms with Crippen LogP contribution in [0.15, 0.2) is 17.6 Å². The molecule has 2 amide bonds. The Bertz CT molecular complexity index is 238. The van der Waals surface area contributed by atoms with Crippen LogP contribution in [0.1, 0.15) is 6.92 Å². The Morgan fingerprint density at radius 3 is 2.77 bits per heavy atom. The number of amides is 2. The summed E-state index contributed by atoms with van der Waals surface area (Å²) in [6.07, 6.45) is 2.55. The minimum Gasteiger partial charge on any atom is -0.335 e. The number of hydrogen-bond acceptors (Lipinski definition) is 3. The number of allylic oxidation sites excluding steroid dienone is 1. The largest absolute Gasteiger partial charge is 0.340 e. The number of thiol groups is 1. The first-order chi connectivity index (χ1) is 6.11. The van der Waals surface area contributed by atoms with Gasteiger partial charge in [0.15, 0.2) is 5.78 Å². The Balaban J connectivity index is 3.82. The number of hydrogen-bond donors (Lipinski definition) is 2. The van der Waals surface area contributed by atoms with Crippen molar-refractivity contribution in [3.05, 3.63) is 12.7 Å². The van der Waals surface area contributed by atoms with Gasteiger partial charge in [-0.3, -0.25) is 4.79 Å². The average Bonchev–Trinajstić information content (AvgIpc) is 2.13. The van der Waals surface area contributed by atoms with Crippen LogP contribution in [-0.2, 0) is 4.79 Å². The minimum absolute atomic E-state index is 0.157. The summed E-state index contributed by atoms with van der Waals surface area (Å²) in [5.41, 5.74) is 0. The zero-order valence-corrected chi connectivity index (χ0v) is 8.25. The Kier molecular flexibility index (Phi) is 5.88. The van der Waals surface area contributed by atoms with Crippen LogP contribution >= 0.6 is 12.6 Å². The molecule has 0 rings (SSSR count). The number of carbonyl (C=O) groups excluding carboxylic acids is 2. The third kappa shape index (κ3) is 5.19. The van der Waals surface area contributed by atoms with Crippen molar-refractivity contribution in [3.63, 3.8) is 0 Å². The van der Waals surface area contributed by atoms with E-state index < -0.39 is 11.3 Å². The van der Waals surface area contributed by atoms with Gasteiger partial charge in [-0.15, -0.1) is 0 Å². The number of urea groups is 1. The number of nitrogens with one attached hydrogen (secondary N) is 1. The normalized spacial score (nSPS) is 12.5. The van der Waals surface area contributed by atoms with E-state index in [1.807, 2.05) is 0 Å². The number of carbonyl (C=O) groups is 2. The van der Waals surface area contributed by atoms with Crippen molar-refractivity contribution in [2.45, 2.75) is 12.2 Å². The lowest BCUT2D eigenvalue weighted by Crippen LogP contribution is -2.31. The number of nitrogens with zero attached hydrogens (tertiary/aromatic N) is 1. The van der Waals surface area contributed by atoms with Crippen molar-refractivity contribution < 1.29 is 9.59 Å². The molecule has 13 heavy (non-hydrogen) atoms. The molecule has 1 atom stereocenters. The van der Waals surface area contributed by atoms with Gasteiger partial charge < -0.3 is 5.32 Å². The summed E-state index contributed by atoms with van der Waals surface area (Å²) in [6.45, 7) is 5.09. The molecule has 0 aliphatic carbocycles. The van der Waals surface area contributed by atoms with E-state index in [1.165, 1.54) is 12.3 Å². The van der Waals surface area contributed by atoms with Gasteiger partial charge in [-0.05, 0) is 13.0 Å². The Morgan fingerprint density at radius 1 is 1.69 bits per heavy atom. The van der Waals surface area contributed by atoms with Crippen LogP contribution < -0.4 is 5.32 Å². The molecule has 1 N–H and O–H groups in total. The quantitative estimate of drug-likeness (QED) is 0.401. The highest BCUT2D eigenvalue weighted by Gasteiger charge is 2.10. The van der Waals surface area contributed by atoms with Crippen LogP contribution in [0.2, 0.25) is 0 Å². The summed E-state index contributed by atoms with van der Waals surface area (Å²) in [4.78, 5) is 25.1. The molecule has 0 saturated heterocycles. The molecule has 4 nitrogen and oxygen atoms in total. The van der Waals surface area contributed by atoms with Crippen molar-refractivity contribution in [2.24, 2.45) is 4.99 Å². The maximum Gasteiger partial charge on any atom is 0.340 e. The molecular weight excluding hydrogens is 188 g/mol. The molecule has 0 aromatic heterocycles. The molecule has 0 heterocycles. The van der Waals surface area contributed by atoms with Gasteiger partial charge >= 0.3 is 6.03 Å². The fraction of sp³-hybridized carbons (Fsp3) is 0.375. The fourth-order valence-electron chi connectivity index (χ4n) is 0.584. The first kappa shape index (κ1) is 11.9. The first-order valence-electron chi connectivity index (χ1n) is 3.72.